The highest BCUT2D eigenvalue weighted by atomic mass is 16.6. The topological polar surface area (TPSA) is 85.3 Å². The maximum atomic E-state index is 13.1. The minimum absolute atomic E-state index is 0.626. The summed E-state index contributed by atoms with van der Waals surface area (Å²) in [6.07, 6.45) is -2.80. The first kappa shape index (κ1) is 20.7. The molecule has 154 valence electrons. The van der Waals surface area contributed by atoms with E-state index in [4.69, 9.17) is 14.2 Å². The number of ether oxygens (including phenoxy) is 3. The predicted octanol–water partition coefficient (Wildman–Crippen LogP) is 4.16. The van der Waals surface area contributed by atoms with E-state index in [2.05, 4.69) is 0 Å². The van der Waals surface area contributed by atoms with Crippen LogP contribution >= 0.6 is 0 Å². The van der Waals surface area contributed by atoms with Crippen molar-refractivity contribution >= 4 is 12.1 Å². The van der Waals surface area contributed by atoms with Crippen LogP contribution in [-0.4, -0.2) is 40.9 Å². The molecule has 7 nitrogen and oxygen atoms in total. The highest BCUT2D eigenvalue weighted by molar-refractivity contribution is 5.77. The van der Waals surface area contributed by atoms with Gasteiger partial charge in [0.25, 0.3) is 0 Å². The Morgan fingerprint density at radius 3 is 2.14 bits per heavy atom. The van der Waals surface area contributed by atoms with E-state index in [0.717, 1.165) is 0 Å². The van der Waals surface area contributed by atoms with Crippen LogP contribution in [0.1, 0.15) is 44.2 Å². The molecule has 0 bridgehead atoms. The van der Waals surface area contributed by atoms with Gasteiger partial charge in [0.05, 0.1) is 7.11 Å². The maximum Gasteiger partial charge on any atom is 0.413 e. The first-order chi connectivity index (χ1) is 13.7. The Kier molecular flexibility index (Phi) is 5.79. The zero-order valence-corrected chi connectivity index (χ0v) is 16.9. The number of nitrogens with zero attached hydrogens (tertiary/aromatic N) is 1. The summed E-state index contributed by atoms with van der Waals surface area (Å²) in [6.45, 7) is 5.28. The predicted molar refractivity (Wildman–Crippen MR) is 105 cm³/mol. The summed E-state index contributed by atoms with van der Waals surface area (Å²) < 4.78 is 16.7. The third kappa shape index (κ3) is 4.51. The zero-order chi connectivity index (χ0) is 21.2. The minimum atomic E-state index is -1.24. The SMILES string of the molecule is COc1ccc(C2O[C@H](C(=O)O)[C@@H](c3ccccc3)N2C(=O)OC(C)(C)C)cc1. The van der Waals surface area contributed by atoms with Gasteiger partial charge in [-0.1, -0.05) is 42.5 Å². The Morgan fingerprint density at radius 2 is 1.62 bits per heavy atom. The molecule has 1 amide bonds. The van der Waals surface area contributed by atoms with Crippen molar-refractivity contribution in [2.75, 3.05) is 7.11 Å². The molecule has 1 saturated heterocycles. The van der Waals surface area contributed by atoms with Crippen LogP contribution < -0.4 is 4.74 Å². The Morgan fingerprint density at radius 1 is 1.00 bits per heavy atom. The Bertz CT molecular complexity index is 859. The van der Waals surface area contributed by atoms with Crippen molar-refractivity contribution < 1.29 is 28.9 Å². The smallest absolute Gasteiger partial charge is 0.413 e. The number of carboxylic acid groups (broad SMARTS) is 1. The molecule has 1 N–H and O–H groups in total. The molecule has 1 fully saturated rings. The van der Waals surface area contributed by atoms with Crippen molar-refractivity contribution in [1.82, 2.24) is 4.90 Å². The van der Waals surface area contributed by atoms with Gasteiger partial charge in [0, 0.05) is 5.56 Å². The molecule has 1 aliphatic heterocycles. The fourth-order valence-electron chi connectivity index (χ4n) is 3.28. The Labute approximate surface area is 169 Å². The number of carboxylic acids is 1. The third-order valence-corrected chi connectivity index (χ3v) is 4.50. The lowest BCUT2D eigenvalue weighted by atomic mass is 10.0. The molecule has 0 aliphatic carbocycles. The standard InChI is InChI=1S/C22H25NO6/c1-22(2,3)29-21(26)23-17(14-8-6-5-7-9-14)18(20(24)25)28-19(23)15-10-12-16(27-4)13-11-15/h5-13,17-19H,1-4H3,(H,24,25)/t17-,18+,19?/m1/s1. The molecule has 0 spiro atoms. The second-order valence-electron chi connectivity index (χ2n) is 7.76. The molecule has 1 heterocycles. The number of amides is 1. The molecule has 0 saturated carbocycles. The van der Waals surface area contributed by atoms with Gasteiger partial charge < -0.3 is 19.3 Å². The van der Waals surface area contributed by atoms with Crippen LogP contribution in [0.4, 0.5) is 4.79 Å². The largest absolute Gasteiger partial charge is 0.497 e. The van der Waals surface area contributed by atoms with E-state index >= 15 is 0 Å². The lowest BCUT2D eigenvalue weighted by Crippen LogP contribution is -2.40. The first-order valence-corrected chi connectivity index (χ1v) is 9.30. The monoisotopic (exact) mass is 399 g/mol. The number of methoxy groups -OCH3 is 1. The highest BCUT2D eigenvalue weighted by Crippen LogP contribution is 2.44. The van der Waals surface area contributed by atoms with Crippen molar-refractivity contribution in [1.29, 1.82) is 0 Å². The van der Waals surface area contributed by atoms with Crippen LogP contribution in [0.3, 0.4) is 0 Å². The number of carbonyl (C=O) groups is 2. The average molecular weight is 399 g/mol. The van der Waals surface area contributed by atoms with E-state index in [1.165, 1.54) is 4.90 Å². The van der Waals surface area contributed by atoms with Crippen molar-refractivity contribution in [3.05, 3.63) is 65.7 Å². The molecular weight excluding hydrogens is 374 g/mol. The molecule has 0 aromatic heterocycles. The molecule has 2 aromatic carbocycles. The van der Waals surface area contributed by atoms with Gasteiger partial charge in [0.2, 0.25) is 0 Å². The quantitative estimate of drug-likeness (QED) is 0.831. The molecule has 1 aliphatic rings. The van der Waals surface area contributed by atoms with Gasteiger partial charge >= 0.3 is 12.1 Å². The van der Waals surface area contributed by atoms with Gasteiger partial charge in [-0.3, -0.25) is 4.90 Å². The van der Waals surface area contributed by atoms with Gasteiger partial charge in [0.1, 0.15) is 17.4 Å². The molecule has 0 radical (unpaired) electrons. The molecule has 2 aromatic rings. The van der Waals surface area contributed by atoms with Crippen LogP contribution in [0, 0.1) is 0 Å². The van der Waals surface area contributed by atoms with Crippen molar-refractivity contribution in [2.24, 2.45) is 0 Å². The molecule has 3 atom stereocenters. The van der Waals surface area contributed by atoms with Crippen molar-refractivity contribution in [3.63, 3.8) is 0 Å². The van der Waals surface area contributed by atoms with E-state index in [1.54, 1.807) is 76.4 Å². The van der Waals surface area contributed by atoms with Crippen molar-refractivity contribution in [3.8, 4) is 5.75 Å². The van der Waals surface area contributed by atoms with E-state index in [-0.39, 0.29) is 0 Å². The summed E-state index contributed by atoms with van der Waals surface area (Å²) in [5, 5.41) is 9.80. The fraction of sp³-hybridized carbons (Fsp3) is 0.364. The van der Waals surface area contributed by atoms with Crippen LogP contribution in [0.5, 0.6) is 5.75 Å². The van der Waals surface area contributed by atoms with Crippen LogP contribution in [0.2, 0.25) is 0 Å². The lowest BCUT2D eigenvalue weighted by molar-refractivity contribution is -0.150. The van der Waals surface area contributed by atoms with Crippen LogP contribution in [-0.2, 0) is 14.3 Å². The third-order valence-electron chi connectivity index (χ3n) is 4.50. The molecule has 7 heteroatoms. The summed E-state index contributed by atoms with van der Waals surface area (Å²) in [5.74, 6) is -0.506. The molecular formula is C22H25NO6. The van der Waals surface area contributed by atoms with Gasteiger partial charge in [0.15, 0.2) is 12.3 Å². The first-order valence-electron chi connectivity index (χ1n) is 9.30. The number of hydrogen-bond donors (Lipinski definition) is 1. The number of aliphatic carboxylic acids is 1. The second-order valence-corrected chi connectivity index (χ2v) is 7.76. The van der Waals surface area contributed by atoms with Gasteiger partial charge in [-0.2, -0.15) is 0 Å². The minimum Gasteiger partial charge on any atom is -0.497 e. The molecule has 1 unspecified atom stereocenters. The van der Waals surface area contributed by atoms with Crippen molar-refractivity contribution in [2.45, 2.75) is 44.7 Å². The Balaban J connectivity index is 2.07. The highest BCUT2D eigenvalue weighted by Gasteiger charge is 2.51. The summed E-state index contributed by atoms with van der Waals surface area (Å²) in [5.41, 5.74) is 0.535. The maximum absolute atomic E-state index is 13.1. The zero-order valence-electron chi connectivity index (χ0n) is 16.9. The lowest BCUT2D eigenvalue weighted by Gasteiger charge is -2.31. The summed E-state index contributed by atoms with van der Waals surface area (Å²) in [6, 6.07) is 15.1. The van der Waals surface area contributed by atoms with Gasteiger partial charge in [-0.25, -0.2) is 9.59 Å². The summed E-state index contributed by atoms with van der Waals surface area (Å²) >= 11 is 0. The second kappa shape index (κ2) is 8.13. The number of hydrogen-bond acceptors (Lipinski definition) is 5. The summed E-state index contributed by atoms with van der Waals surface area (Å²) in [7, 11) is 1.56. The average Bonchev–Trinajstić information content (AvgIpc) is 3.08. The van der Waals surface area contributed by atoms with E-state index in [0.29, 0.717) is 16.9 Å². The van der Waals surface area contributed by atoms with E-state index in [9.17, 15) is 14.7 Å². The van der Waals surface area contributed by atoms with Crippen LogP contribution in [0.15, 0.2) is 54.6 Å². The van der Waals surface area contributed by atoms with Gasteiger partial charge in [-0.15, -0.1) is 0 Å². The van der Waals surface area contributed by atoms with E-state index in [1.807, 2.05) is 6.07 Å². The number of carbonyl (C=O) groups excluding carboxylic acids is 1. The summed E-state index contributed by atoms with van der Waals surface area (Å²) in [4.78, 5) is 26.5. The number of rotatable bonds is 4. The fourth-order valence-corrected chi connectivity index (χ4v) is 3.28. The normalized spacial score (nSPS) is 21.7. The molecule has 29 heavy (non-hydrogen) atoms. The number of benzene rings is 2. The van der Waals surface area contributed by atoms with E-state index < -0.39 is 36.0 Å². The Hall–Kier alpha value is -3.06. The molecule has 3 rings (SSSR count). The van der Waals surface area contributed by atoms with Crippen LogP contribution in [0.25, 0.3) is 0 Å². The van der Waals surface area contributed by atoms with Gasteiger partial charge in [-0.05, 0) is 38.5 Å².